The number of anilines is 1. The molecule has 2 aliphatic rings. The first-order valence-corrected chi connectivity index (χ1v) is 15.4. The van der Waals surface area contributed by atoms with Crippen LogP contribution < -0.4 is 10.2 Å². The van der Waals surface area contributed by atoms with Crippen molar-refractivity contribution in [2.24, 2.45) is 0 Å². The molecular formula is C33H40N3O4S+. The first-order chi connectivity index (χ1) is 19.3. The average molecular weight is 575 g/mol. The summed E-state index contributed by atoms with van der Waals surface area (Å²) in [7, 11) is -2.24. The molecular weight excluding hydrogens is 534 g/mol. The summed E-state index contributed by atoms with van der Waals surface area (Å²) in [4.78, 5) is 14.0. The first kappa shape index (κ1) is 30.3. The van der Waals surface area contributed by atoms with Crippen molar-refractivity contribution >= 4 is 33.1 Å². The van der Waals surface area contributed by atoms with Crippen molar-refractivity contribution in [3.63, 3.8) is 0 Å². The van der Waals surface area contributed by atoms with Gasteiger partial charge in [0.15, 0.2) is 5.71 Å². The monoisotopic (exact) mass is 574 g/mol. The zero-order chi connectivity index (χ0) is 30.0. The van der Waals surface area contributed by atoms with E-state index in [1.165, 1.54) is 23.0 Å². The molecule has 0 unspecified atom stereocenters. The van der Waals surface area contributed by atoms with Crippen LogP contribution in [0.1, 0.15) is 64.5 Å². The third kappa shape index (κ3) is 6.02. The van der Waals surface area contributed by atoms with Crippen molar-refractivity contribution in [2.45, 2.75) is 69.1 Å². The molecule has 41 heavy (non-hydrogen) atoms. The normalized spacial score (nSPS) is 18.1. The Bertz CT molecular complexity index is 1590. The topological polar surface area (TPSA) is 89.7 Å². The van der Waals surface area contributed by atoms with Crippen molar-refractivity contribution < 1.29 is 22.3 Å². The molecule has 2 N–H and O–H groups in total. The number of hydrogen-bond donors (Lipinski definition) is 2. The Labute approximate surface area is 244 Å². The summed E-state index contributed by atoms with van der Waals surface area (Å²) in [5.74, 6) is 2.37. The molecule has 0 fully saturated rings. The number of amides is 1. The first-order valence-electron chi connectivity index (χ1n) is 14.0. The number of rotatable bonds is 10. The Morgan fingerprint density at radius 2 is 1.80 bits per heavy atom. The largest absolute Gasteiger partial charge is 0.345 e. The Balaban J connectivity index is 1.62. The fourth-order valence-corrected chi connectivity index (χ4v) is 6.57. The van der Waals surface area contributed by atoms with E-state index in [9.17, 15) is 17.8 Å². The molecule has 8 heteroatoms. The molecule has 1 amide bonds. The third-order valence-corrected chi connectivity index (χ3v) is 9.13. The second kappa shape index (κ2) is 11.7. The van der Waals surface area contributed by atoms with Crippen LogP contribution in [0.25, 0.3) is 0 Å². The van der Waals surface area contributed by atoms with Crippen LogP contribution in [0.5, 0.6) is 0 Å². The van der Waals surface area contributed by atoms with Crippen molar-refractivity contribution in [3.05, 3.63) is 77.5 Å². The zero-order valence-electron chi connectivity index (χ0n) is 24.6. The van der Waals surface area contributed by atoms with Gasteiger partial charge in [0.05, 0.1) is 16.9 Å². The lowest BCUT2D eigenvalue weighted by molar-refractivity contribution is -0.401. The van der Waals surface area contributed by atoms with Crippen LogP contribution in [0.3, 0.4) is 0 Å². The highest BCUT2D eigenvalue weighted by atomic mass is 32.2. The van der Waals surface area contributed by atoms with Gasteiger partial charge in [0, 0.05) is 47.5 Å². The van der Waals surface area contributed by atoms with Crippen molar-refractivity contribution in [1.29, 1.82) is 0 Å². The van der Waals surface area contributed by atoms with Gasteiger partial charge in [-0.2, -0.15) is 13.0 Å². The molecule has 0 atom stereocenters. The van der Waals surface area contributed by atoms with Crippen LogP contribution >= 0.6 is 0 Å². The summed E-state index contributed by atoms with van der Waals surface area (Å²) in [6, 6.07) is 13.3. The Kier molecular flexibility index (Phi) is 8.62. The maximum atomic E-state index is 11.9. The molecule has 4 rings (SSSR count). The number of allylic oxidation sites excluding steroid dienone is 4. The molecule has 2 aliphatic heterocycles. The minimum atomic E-state index is -4.33. The lowest BCUT2D eigenvalue weighted by Gasteiger charge is -2.27. The van der Waals surface area contributed by atoms with Crippen molar-refractivity contribution in [2.75, 3.05) is 25.0 Å². The lowest BCUT2D eigenvalue weighted by atomic mass is 9.81. The van der Waals surface area contributed by atoms with Gasteiger partial charge in [-0.25, -0.2) is 0 Å². The van der Waals surface area contributed by atoms with E-state index in [2.05, 4.69) is 97.9 Å². The number of hydrogen-bond acceptors (Lipinski definition) is 4. The number of terminal acetylenes is 1. The fourth-order valence-electron chi connectivity index (χ4n) is 6.06. The van der Waals surface area contributed by atoms with Gasteiger partial charge in [0.25, 0.3) is 10.1 Å². The number of nitrogens with one attached hydrogen (secondary N) is 1. The predicted octanol–water partition coefficient (Wildman–Crippen LogP) is 5.49. The highest BCUT2D eigenvalue weighted by Crippen LogP contribution is 2.48. The number of para-hydroxylation sites is 1. The molecule has 0 saturated heterocycles. The maximum Gasteiger partial charge on any atom is 0.294 e. The van der Waals surface area contributed by atoms with E-state index in [0.717, 1.165) is 36.2 Å². The molecule has 0 radical (unpaired) electrons. The van der Waals surface area contributed by atoms with Crippen LogP contribution in [0.4, 0.5) is 11.4 Å². The van der Waals surface area contributed by atoms with Crippen molar-refractivity contribution in [3.8, 4) is 12.3 Å². The molecule has 0 saturated carbocycles. The highest BCUT2D eigenvalue weighted by Gasteiger charge is 2.43. The summed E-state index contributed by atoms with van der Waals surface area (Å²) >= 11 is 0. The zero-order valence-corrected chi connectivity index (χ0v) is 25.4. The lowest BCUT2D eigenvalue weighted by Crippen LogP contribution is -2.28. The van der Waals surface area contributed by atoms with E-state index in [4.69, 9.17) is 6.42 Å². The van der Waals surface area contributed by atoms with E-state index in [-0.39, 0.29) is 22.8 Å². The van der Waals surface area contributed by atoms with E-state index in [1.54, 1.807) is 12.1 Å². The van der Waals surface area contributed by atoms with Crippen molar-refractivity contribution in [1.82, 2.24) is 5.32 Å². The molecule has 7 nitrogen and oxygen atoms in total. The van der Waals surface area contributed by atoms with Gasteiger partial charge in [0.2, 0.25) is 11.6 Å². The number of carbonyl (C=O) groups is 1. The molecule has 0 spiro atoms. The summed E-state index contributed by atoms with van der Waals surface area (Å²) in [6.07, 6.45) is 14.4. The summed E-state index contributed by atoms with van der Waals surface area (Å²) in [5, 5.41) is 2.70. The predicted molar refractivity (Wildman–Crippen MR) is 164 cm³/mol. The second-order valence-electron chi connectivity index (χ2n) is 11.7. The fraction of sp³-hybridized carbons (Fsp3) is 0.394. The van der Waals surface area contributed by atoms with Gasteiger partial charge >= 0.3 is 0 Å². The second-order valence-corrected chi connectivity index (χ2v) is 13.1. The highest BCUT2D eigenvalue weighted by molar-refractivity contribution is 7.85. The number of nitrogens with zero attached hydrogens (tertiary/aromatic N) is 2. The standard InChI is InChI=1S/C33H39N3O4S/c1-7-21-34-31(37)18-9-8-12-22-36-28-20-19-24(41(38,39)40)23-26(28)33(4,5)30(36)17-13-16-29-32(2,3)25-14-10-11-15-27(25)35(29)6/h1,10-11,13-17,19-20,23H,8-9,12,18,21-22H2,2-6H3,(H-,34,37,38,39,40)/p+1. The van der Waals surface area contributed by atoms with Crippen LogP contribution in [-0.2, 0) is 25.7 Å². The van der Waals surface area contributed by atoms with Crippen LogP contribution in [0.2, 0.25) is 0 Å². The summed E-state index contributed by atoms with van der Waals surface area (Å²) < 4.78 is 35.8. The molecule has 2 heterocycles. The average Bonchev–Trinajstić information content (AvgIpc) is 3.25. The van der Waals surface area contributed by atoms with E-state index < -0.39 is 15.5 Å². The number of fused-ring (bicyclic) bond motifs is 2. The van der Waals surface area contributed by atoms with Gasteiger partial charge in [-0.05, 0) is 56.5 Å². The molecule has 0 aromatic heterocycles. The molecule has 216 valence electrons. The minimum Gasteiger partial charge on any atom is -0.345 e. The number of benzene rings is 2. The van der Waals surface area contributed by atoms with Crippen LogP contribution in [-0.4, -0.2) is 49.3 Å². The van der Waals surface area contributed by atoms with Gasteiger partial charge in [-0.3, -0.25) is 9.35 Å². The molecule has 2 aromatic rings. The maximum absolute atomic E-state index is 11.9. The Morgan fingerprint density at radius 3 is 2.49 bits per heavy atom. The van der Waals surface area contributed by atoms with Crippen LogP contribution in [0, 0.1) is 12.3 Å². The molecule has 0 aliphatic carbocycles. The molecule has 0 bridgehead atoms. The Hall–Kier alpha value is -3.67. The van der Waals surface area contributed by atoms with Crippen LogP contribution in [0.15, 0.2) is 71.3 Å². The van der Waals surface area contributed by atoms with Gasteiger partial charge in [-0.1, -0.05) is 50.5 Å². The van der Waals surface area contributed by atoms with E-state index in [0.29, 0.717) is 13.0 Å². The van der Waals surface area contributed by atoms with E-state index >= 15 is 0 Å². The number of carbonyl (C=O) groups excluding carboxylic acids is 1. The third-order valence-electron chi connectivity index (χ3n) is 8.28. The molecule has 2 aromatic carbocycles. The Morgan fingerprint density at radius 1 is 1.07 bits per heavy atom. The van der Waals surface area contributed by atoms with Gasteiger partial charge in [-0.15, -0.1) is 6.42 Å². The quantitative estimate of drug-likeness (QED) is 0.170. The number of unbranched alkanes of at least 4 members (excludes halogenated alkanes) is 2. The summed E-state index contributed by atoms with van der Waals surface area (Å²) in [5.41, 5.74) is 5.84. The van der Waals surface area contributed by atoms with E-state index in [1.807, 2.05) is 0 Å². The van der Waals surface area contributed by atoms with Gasteiger partial charge < -0.3 is 10.2 Å². The van der Waals surface area contributed by atoms with Gasteiger partial charge in [0.1, 0.15) is 7.05 Å². The SMILES string of the molecule is C#CCNC(=O)CCCCCN1C(=CC=CC2=[N+](C)c3ccccc3C2(C)C)C(C)(C)c2cc(S(=O)(=O)O)ccc21. The smallest absolute Gasteiger partial charge is 0.294 e. The minimum absolute atomic E-state index is 0.0430. The summed E-state index contributed by atoms with van der Waals surface area (Å²) in [6.45, 7) is 9.55.